The summed E-state index contributed by atoms with van der Waals surface area (Å²) in [5.41, 5.74) is 2.30. The summed E-state index contributed by atoms with van der Waals surface area (Å²) in [6.45, 7) is 4.39. The molecule has 0 saturated heterocycles. The summed E-state index contributed by atoms with van der Waals surface area (Å²) in [6.07, 6.45) is 0. The van der Waals surface area contributed by atoms with Gasteiger partial charge in [-0.25, -0.2) is 0 Å². The minimum absolute atomic E-state index is 0.281. The highest BCUT2D eigenvalue weighted by atomic mass is 16.5. The van der Waals surface area contributed by atoms with Crippen molar-refractivity contribution in [2.75, 3.05) is 0 Å². The van der Waals surface area contributed by atoms with Crippen molar-refractivity contribution >= 4 is 11.9 Å². The van der Waals surface area contributed by atoms with Crippen LogP contribution in [0, 0.1) is 18.3 Å². The summed E-state index contributed by atoms with van der Waals surface area (Å²) in [6, 6.07) is 12.2. The molecule has 0 aliphatic rings. The fraction of sp³-hybridized carbons (Fsp3) is 0.167. The van der Waals surface area contributed by atoms with Gasteiger partial charge in [0, 0.05) is 13.8 Å². The highest BCUT2D eigenvalue weighted by Gasteiger charge is 2.18. The third-order valence-corrected chi connectivity index (χ3v) is 3.00. The van der Waals surface area contributed by atoms with E-state index in [4.69, 9.17) is 14.7 Å². The lowest BCUT2D eigenvalue weighted by Gasteiger charge is -2.15. The van der Waals surface area contributed by atoms with Crippen molar-refractivity contribution in [2.24, 2.45) is 0 Å². The van der Waals surface area contributed by atoms with Gasteiger partial charge in [0.05, 0.1) is 17.2 Å². The number of rotatable bonds is 3. The molecule has 5 nitrogen and oxygen atoms in total. The van der Waals surface area contributed by atoms with E-state index in [0.717, 1.165) is 5.56 Å². The second kappa shape index (κ2) is 6.75. The lowest BCUT2D eigenvalue weighted by Crippen LogP contribution is -2.07. The molecule has 0 fully saturated rings. The van der Waals surface area contributed by atoms with Crippen molar-refractivity contribution in [3.05, 3.63) is 47.5 Å². The summed E-state index contributed by atoms with van der Waals surface area (Å²) in [4.78, 5) is 22.8. The van der Waals surface area contributed by atoms with Crippen LogP contribution in [0.4, 0.5) is 0 Å². The van der Waals surface area contributed by atoms with Crippen LogP contribution in [-0.2, 0) is 9.59 Å². The van der Waals surface area contributed by atoms with Crippen molar-refractivity contribution in [1.29, 1.82) is 5.26 Å². The first-order valence-corrected chi connectivity index (χ1v) is 6.92. The number of nitrogens with zero attached hydrogens (tertiary/aromatic N) is 1. The molecule has 23 heavy (non-hydrogen) atoms. The first-order valence-electron chi connectivity index (χ1n) is 6.92. The van der Waals surface area contributed by atoms with E-state index in [1.165, 1.54) is 13.8 Å². The van der Waals surface area contributed by atoms with E-state index in [2.05, 4.69) is 6.07 Å². The van der Waals surface area contributed by atoms with Crippen LogP contribution in [0.15, 0.2) is 36.4 Å². The van der Waals surface area contributed by atoms with E-state index < -0.39 is 11.9 Å². The predicted octanol–water partition coefficient (Wildman–Crippen LogP) is 3.38. The van der Waals surface area contributed by atoms with Crippen LogP contribution in [-0.4, -0.2) is 11.9 Å². The minimum Gasteiger partial charge on any atom is -0.426 e. The summed E-state index contributed by atoms with van der Waals surface area (Å²) in [5.74, 6) is -0.406. The number of aryl methyl sites for hydroxylation is 1. The van der Waals surface area contributed by atoms with Crippen LogP contribution in [0.2, 0.25) is 0 Å². The molecular formula is C18H15NO4. The SMILES string of the molecule is CC(=O)Oc1cc(C)cc(OC(C)=O)c1-c1cccc(C#N)c1. The Morgan fingerprint density at radius 2 is 1.57 bits per heavy atom. The molecule has 0 aliphatic carbocycles. The molecule has 0 atom stereocenters. The number of carbonyl (C=O) groups excluding carboxylic acids is 2. The lowest BCUT2D eigenvalue weighted by atomic mass is 9.99. The zero-order valence-corrected chi connectivity index (χ0v) is 13.0. The zero-order chi connectivity index (χ0) is 17.0. The Labute approximate surface area is 134 Å². The first-order chi connectivity index (χ1) is 10.9. The van der Waals surface area contributed by atoms with Gasteiger partial charge in [-0.2, -0.15) is 5.26 Å². The average Bonchev–Trinajstić information content (AvgIpc) is 2.45. The molecule has 2 aromatic carbocycles. The van der Waals surface area contributed by atoms with Gasteiger partial charge < -0.3 is 9.47 Å². The van der Waals surface area contributed by atoms with Gasteiger partial charge in [-0.15, -0.1) is 0 Å². The van der Waals surface area contributed by atoms with Crippen LogP contribution in [0.1, 0.15) is 25.0 Å². The number of benzene rings is 2. The Morgan fingerprint density at radius 1 is 1.00 bits per heavy atom. The maximum Gasteiger partial charge on any atom is 0.308 e. The van der Waals surface area contributed by atoms with Crippen LogP contribution in [0.5, 0.6) is 11.5 Å². The van der Waals surface area contributed by atoms with Crippen LogP contribution in [0.3, 0.4) is 0 Å². The monoisotopic (exact) mass is 309 g/mol. The molecule has 0 radical (unpaired) electrons. The molecule has 0 aromatic heterocycles. The summed E-state index contributed by atoms with van der Waals surface area (Å²) < 4.78 is 10.5. The molecule has 0 N–H and O–H groups in total. The maximum atomic E-state index is 11.4. The highest BCUT2D eigenvalue weighted by Crippen LogP contribution is 2.40. The Kier molecular flexibility index (Phi) is 4.77. The molecule has 5 heteroatoms. The average molecular weight is 309 g/mol. The number of esters is 2. The van der Waals surface area contributed by atoms with Crippen LogP contribution < -0.4 is 9.47 Å². The molecule has 0 amide bonds. The number of ether oxygens (including phenoxy) is 2. The van der Waals surface area contributed by atoms with Crippen molar-refractivity contribution < 1.29 is 19.1 Å². The maximum absolute atomic E-state index is 11.4. The molecule has 0 heterocycles. The fourth-order valence-electron chi connectivity index (χ4n) is 2.22. The van der Waals surface area contributed by atoms with E-state index in [1.807, 2.05) is 0 Å². The first kappa shape index (κ1) is 16.2. The molecular weight excluding hydrogens is 294 g/mol. The molecule has 116 valence electrons. The van der Waals surface area contributed by atoms with Crippen molar-refractivity contribution in [3.8, 4) is 28.7 Å². The third kappa shape index (κ3) is 3.95. The Hall–Kier alpha value is -3.13. The van der Waals surface area contributed by atoms with Crippen molar-refractivity contribution in [1.82, 2.24) is 0 Å². The van der Waals surface area contributed by atoms with E-state index in [9.17, 15) is 9.59 Å². The lowest BCUT2D eigenvalue weighted by molar-refractivity contribution is -0.132. The number of hydrogen-bond donors (Lipinski definition) is 0. The number of carbonyl (C=O) groups is 2. The summed E-state index contributed by atoms with van der Waals surface area (Å²) in [7, 11) is 0. The normalized spacial score (nSPS) is 9.83. The molecule has 2 rings (SSSR count). The molecule has 0 unspecified atom stereocenters. The molecule has 0 bridgehead atoms. The quantitative estimate of drug-likeness (QED) is 0.641. The fourth-order valence-corrected chi connectivity index (χ4v) is 2.22. The molecule has 2 aromatic rings. The third-order valence-electron chi connectivity index (χ3n) is 3.00. The van der Waals surface area contributed by atoms with Gasteiger partial charge in [0.25, 0.3) is 0 Å². The molecule has 0 spiro atoms. The van der Waals surface area contributed by atoms with E-state index in [0.29, 0.717) is 16.7 Å². The van der Waals surface area contributed by atoms with Gasteiger partial charge in [-0.1, -0.05) is 12.1 Å². The minimum atomic E-state index is -0.484. The zero-order valence-electron chi connectivity index (χ0n) is 13.0. The second-order valence-electron chi connectivity index (χ2n) is 5.02. The number of nitriles is 1. The van der Waals surface area contributed by atoms with Crippen LogP contribution >= 0.6 is 0 Å². The molecule has 0 aliphatic heterocycles. The van der Waals surface area contributed by atoms with Gasteiger partial charge in [0.2, 0.25) is 0 Å². The van der Waals surface area contributed by atoms with E-state index in [1.54, 1.807) is 43.3 Å². The number of hydrogen-bond acceptors (Lipinski definition) is 5. The van der Waals surface area contributed by atoms with Crippen molar-refractivity contribution in [3.63, 3.8) is 0 Å². The summed E-state index contributed by atoms with van der Waals surface area (Å²) in [5, 5.41) is 9.06. The van der Waals surface area contributed by atoms with E-state index in [-0.39, 0.29) is 11.5 Å². The van der Waals surface area contributed by atoms with E-state index >= 15 is 0 Å². The standard InChI is InChI=1S/C18H15NO4/c1-11-7-16(22-12(2)20)18(17(8-11)23-13(3)21)15-6-4-5-14(9-15)10-19/h4-9H,1-3H3. The van der Waals surface area contributed by atoms with Crippen molar-refractivity contribution in [2.45, 2.75) is 20.8 Å². The smallest absolute Gasteiger partial charge is 0.308 e. The largest absolute Gasteiger partial charge is 0.426 e. The van der Waals surface area contributed by atoms with Gasteiger partial charge in [-0.3, -0.25) is 9.59 Å². The molecule has 0 saturated carbocycles. The van der Waals surface area contributed by atoms with Gasteiger partial charge >= 0.3 is 11.9 Å². The predicted molar refractivity (Wildman–Crippen MR) is 83.9 cm³/mol. The second-order valence-corrected chi connectivity index (χ2v) is 5.02. The highest BCUT2D eigenvalue weighted by molar-refractivity contribution is 5.84. The Morgan fingerprint density at radius 3 is 2.04 bits per heavy atom. The Bertz CT molecular complexity index is 781. The van der Waals surface area contributed by atoms with Gasteiger partial charge in [0.1, 0.15) is 11.5 Å². The van der Waals surface area contributed by atoms with Crippen LogP contribution in [0.25, 0.3) is 11.1 Å². The van der Waals surface area contributed by atoms with Gasteiger partial charge in [0.15, 0.2) is 0 Å². The topological polar surface area (TPSA) is 76.4 Å². The Balaban J connectivity index is 2.72. The van der Waals surface area contributed by atoms with Gasteiger partial charge in [-0.05, 0) is 42.3 Å². The summed E-state index contributed by atoms with van der Waals surface area (Å²) >= 11 is 0.